The van der Waals surface area contributed by atoms with E-state index in [1.54, 1.807) is 4.68 Å². The van der Waals surface area contributed by atoms with Crippen LogP contribution >= 0.6 is 0 Å². The zero-order valence-corrected chi connectivity index (χ0v) is 16.6. The summed E-state index contributed by atoms with van der Waals surface area (Å²) in [5.41, 5.74) is 1.90. The van der Waals surface area contributed by atoms with Gasteiger partial charge in [0.15, 0.2) is 12.4 Å². The van der Waals surface area contributed by atoms with Crippen LogP contribution in [0.25, 0.3) is 5.82 Å². The van der Waals surface area contributed by atoms with Crippen molar-refractivity contribution in [1.29, 1.82) is 0 Å². The largest absolute Gasteiger partial charge is 0.484 e. The van der Waals surface area contributed by atoms with Gasteiger partial charge in [-0.3, -0.25) is 4.79 Å². The van der Waals surface area contributed by atoms with Crippen LogP contribution in [-0.2, 0) is 4.79 Å². The van der Waals surface area contributed by atoms with Gasteiger partial charge in [-0.2, -0.15) is 5.10 Å². The van der Waals surface area contributed by atoms with Crippen molar-refractivity contribution < 1.29 is 13.9 Å². The van der Waals surface area contributed by atoms with Gasteiger partial charge in [0, 0.05) is 24.8 Å². The summed E-state index contributed by atoms with van der Waals surface area (Å²) in [6.45, 7) is 6.45. The van der Waals surface area contributed by atoms with Crippen LogP contribution in [-0.4, -0.2) is 45.4 Å². The molecule has 29 heavy (non-hydrogen) atoms. The Hall–Kier alpha value is -3.49. The molecule has 0 bridgehead atoms. The van der Waals surface area contributed by atoms with Crippen LogP contribution in [0.5, 0.6) is 5.75 Å². The van der Waals surface area contributed by atoms with Gasteiger partial charge in [-0.05, 0) is 51.1 Å². The van der Waals surface area contributed by atoms with E-state index in [0.717, 1.165) is 11.4 Å². The van der Waals surface area contributed by atoms with Gasteiger partial charge in [-0.1, -0.05) is 0 Å². The number of carbonyl (C=O) groups is 1. The number of benzene rings is 1. The Morgan fingerprint density at radius 2 is 1.86 bits per heavy atom. The number of aromatic nitrogens is 4. The van der Waals surface area contributed by atoms with Gasteiger partial charge in [-0.15, -0.1) is 0 Å². The van der Waals surface area contributed by atoms with E-state index in [9.17, 15) is 9.18 Å². The molecular formula is C20H23FN6O2. The fourth-order valence-electron chi connectivity index (χ4n) is 2.74. The highest BCUT2D eigenvalue weighted by Crippen LogP contribution is 2.14. The standard InChI is InChI=1S/C20H23FN6O2/c1-13-10-14(2)27(26-13)19-11-18(24-15(3)25-19)22-8-9-23-20(28)12-29-17-6-4-16(21)5-7-17/h4-7,10-11H,8-9,12H2,1-3H3,(H,23,28)(H,22,24,25). The Labute approximate surface area is 168 Å². The van der Waals surface area contributed by atoms with E-state index in [-0.39, 0.29) is 18.3 Å². The highest BCUT2D eigenvalue weighted by atomic mass is 19.1. The quantitative estimate of drug-likeness (QED) is 0.566. The topological polar surface area (TPSA) is 94.0 Å². The molecule has 0 atom stereocenters. The number of rotatable bonds is 8. The van der Waals surface area contributed by atoms with E-state index in [1.165, 1.54) is 24.3 Å². The molecule has 8 nitrogen and oxygen atoms in total. The van der Waals surface area contributed by atoms with Gasteiger partial charge in [0.25, 0.3) is 5.91 Å². The molecule has 0 saturated heterocycles. The Morgan fingerprint density at radius 1 is 1.10 bits per heavy atom. The summed E-state index contributed by atoms with van der Waals surface area (Å²) in [7, 11) is 0. The molecule has 2 aromatic heterocycles. The second-order valence-corrected chi connectivity index (χ2v) is 6.52. The maximum atomic E-state index is 12.8. The van der Waals surface area contributed by atoms with E-state index in [4.69, 9.17) is 4.74 Å². The van der Waals surface area contributed by atoms with Crippen molar-refractivity contribution in [3.05, 3.63) is 59.4 Å². The molecule has 2 heterocycles. The van der Waals surface area contributed by atoms with Crippen molar-refractivity contribution in [2.45, 2.75) is 20.8 Å². The van der Waals surface area contributed by atoms with Crippen molar-refractivity contribution in [1.82, 2.24) is 25.1 Å². The van der Waals surface area contributed by atoms with Crippen LogP contribution in [0.15, 0.2) is 36.4 Å². The molecule has 152 valence electrons. The molecule has 0 aliphatic heterocycles. The summed E-state index contributed by atoms with van der Waals surface area (Å²) < 4.78 is 19.9. The van der Waals surface area contributed by atoms with Crippen molar-refractivity contribution >= 4 is 11.7 Å². The van der Waals surface area contributed by atoms with Crippen molar-refractivity contribution in [3.8, 4) is 11.6 Å². The molecule has 1 amide bonds. The summed E-state index contributed by atoms with van der Waals surface area (Å²) in [6, 6.07) is 9.30. The van der Waals surface area contributed by atoms with E-state index in [0.29, 0.717) is 36.3 Å². The van der Waals surface area contributed by atoms with Crippen LogP contribution in [0.4, 0.5) is 10.2 Å². The molecule has 0 spiro atoms. The van der Waals surface area contributed by atoms with Gasteiger partial charge in [-0.25, -0.2) is 19.0 Å². The van der Waals surface area contributed by atoms with E-state index in [2.05, 4.69) is 25.7 Å². The molecular weight excluding hydrogens is 375 g/mol. The van der Waals surface area contributed by atoms with Crippen molar-refractivity contribution in [3.63, 3.8) is 0 Å². The number of anilines is 1. The lowest BCUT2D eigenvalue weighted by molar-refractivity contribution is -0.123. The Balaban J connectivity index is 1.47. The predicted octanol–water partition coefficient (Wildman–Crippen LogP) is 2.33. The van der Waals surface area contributed by atoms with Crippen LogP contribution in [0.1, 0.15) is 17.2 Å². The maximum Gasteiger partial charge on any atom is 0.258 e. The molecule has 0 aliphatic carbocycles. The lowest BCUT2D eigenvalue weighted by Crippen LogP contribution is -2.32. The highest BCUT2D eigenvalue weighted by Gasteiger charge is 2.08. The first kappa shape index (κ1) is 20.2. The highest BCUT2D eigenvalue weighted by molar-refractivity contribution is 5.77. The zero-order valence-electron chi connectivity index (χ0n) is 16.6. The smallest absolute Gasteiger partial charge is 0.258 e. The lowest BCUT2D eigenvalue weighted by atomic mass is 10.3. The molecule has 0 aliphatic rings. The second-order valence-electron chi connectivity index (χ2n) is 6.52. The molecule has 0 unspecified atom stereocenters. The second kappa shape index (κ2) is 9.13. The third-order valence-electron chi connectivity index (χ3n) is 3.99. The summed E-state index contributed by atoms with van der Waals surface area (Å²) in [6.07, 6.45) is 0. The predicted molar refractivity (Wildman–Crippen MR) is 107 cm³/mol. The number of nitrogens with zero attached hydrogens (tertiary/aromatic N) is 4. The third kappa shape index (κ3) is 5.74. The molecule has 0 radical (unpaired) electrons. The van der Waals surface area contributed by atoms with Gasteiger partial charge >= 0.3 is 0 Å². The SMILES string of the molecule is Cc1cc(C)n(-c2cc(NCCNC(=O)COc3ccc(F)cc3)nc(C)n2)n1. The van der Waals surface area contributed by atoms with Crippen molar-refractivity contribution in [2.75, 3.05) is 25.0 Å². The Bertz CT molecular complexity index is 987. The maximum absolute atomic E-state index is 12.8. The van der Waals surface area contributed by atoms with Crippen LogP contribution in [0.2, 0.25) is 0 Å². The number of hydrogen-bond donors (Lipinski definition) is 2. The molecule has 3 aromatic rings. The van der Waals surface area contributed by atoms with Crippen molar-refractivity contribution in [2.24, 2.45) is 0 Å². The van der Waals surface area contributed by atoms with Gasteiger partial charge in [0.05, 0.1) is 5.69 Å². The van der Waals surface area contributed by atoms with Crippen LogP contribution < -0.4 is 15.4 Å². The molecule has 0 fully saturated rings. The fraction of sp³-hybridized carbons (Fsp3) is 0.300. The van der Waals surface area contributed by atoms with Gasteiger partial charge < -0.3 is 15.4 Å². The Morgan fingerprint density at radius 3 is 2.55 bits per heavy atom. The third-order valence-corrected chi connectivity index (χ3v) is 3.99. The minimum Gasteiger partial charge on any atom is -0.484 e. The zero-order chi connectivity index (χ0) is 20.8. The molecule has 0 saturated carbocycles. The summed E-state index contributed by atoms with van der Waals surface area (Å²) in [5, 5.41) is 10.4. The molecule has 2 N–H and O–H groups in total. The summed E-state index contributed by atoms with van der Waals surface area (Å²) in [4.78, 5) is 20.6. The number of carbonyl (C=O) groups excluding carboxylic acids is 1. The van der Waals surface area contributed by atoms with Gasteiger partial charge in [0.1, 0.15) is 23.2 Å². The minimum atomic E-state index is -0.353. The van der Waals surface area contributed by atoms with Gasteiger partial charge in [0.2, 0.25) is 0 Å². The number of amides is 1. The monoisotopic (exact) mass is 398 g/mol. The molecule has 9 heteroatoms. The average molecular weight is 398 g/mol. The average Bonchev–Trinajstić information content (AvgIpc) is 3.02. The number of halogens is 1. The minimum absolute atomic E-state index is 0.139. The number of hydrogen-bond acceptors (Lipinski definition) is 6. The van der Waals surface area contributed by atoms with E-state index in [1.807, 2.05) is 32.9 Å². The summed E-state index contributed by atoms with van der Waals surface area (Å²) >= 11 is 0. The lowest BCUT2D eigenvalue weighted by Gasteiger charge is -2.11. The number of ether oxygens (including phenoxy) is 1. The van der Waals surface area contributed by atoms with E-state index >= 15 is 0 Å². The van der Waals surface area contributed by atoms with Crippen LogP contribution in [0.3, 0.4) is 0 Å². The number of nitrogens with one attached hydrogen (secondary N) is 2. The molecule has 1 aromatic carbocycles. The first-order chi connectivity index (χ1) is 13.9. The summed E-state index contributed by atoms with van der Waals surface area (Å²) in [5.74, 6) is 1.77. The normalized spacial score (nSPS) is 10.6. The van der Waals surface area contributed by atoms with E-state index < -0.39 is 0 Å². The first-order valence-corrected chi connectivity index (χ1v) is 9.19. The Kier molecular flexibility index (Phi) is 6.38. The fourth-order valence-corrected chi connectivity index (χ4v) is 2.74. The number of aryl methyl sites for hydroxylation is 3. The first-order valence-electron chi connectivity index (χ1n) is 9.19. The molecule has 3 rings (SSSR count). The van der Waals surface area contributed by atoms with Crippen LogP contribution in [0, 0.1) is 26.6 Å².